The van der Waals surface area contributed by atoms with Crippen LogP contribution in [0.5, 0.6) is 0 Å². The van der Waals surface area contributed by atoms with Gasteiger partial charge in [0.2, 0.25) is 0 Å². The van der Waals surface area contributed by atoms with Crippen LogP contribution in [-0.4, -0.2) is 77.5 Å². The van der Waals surface area contributed by atoms with E-state index in [1.807, 2.05) is 13.0 Å². The Labute approximate surface area is 246 Å². The highest BCUT2D eigenvalue weighted by atomic mass is 32.2. The van der Waals surface area contributed by atoms with Crippen molar-refractivity contribution in [1.29, 1.82) is 0 Å². The minimum absolute atomic E-state index is 0.135. The highest BCUT2D eigenvalue weighted by Crippen LogP contribution is 2.26. The van der Waals surface area contributed by atoms with Gasteiger partial charge in [-0.2, -0.15) is 0 Å². The van der Waals surface area contributed by atoms with Crippen molar-refractivity contribution in [1.82, 2.24) is 19.8 Å². The van der Waals surface area contributed by atoms with Crippen LogP contribution in [0.15, 0.2) is 58.1 Å². The van der Waals surface area contributed by atoms with Gasteiger partial charge >= 0.3 is 5.97 Å². The van der Waals surface area contributed by atoms with Crippen LogP contribution in [0.2, 0.25) is 0 Å². The zero-order valence-electron chi connectivity index (χ0n) is 24.0. The molecule has 0 aliphatic carbocycles. The summed E-state index contributed by atoms with van der Waals surface area (Å²) in [7, 11) is 0. The number of thioether (sulfide) groups is 1. The van der Waals surface area contributed by atoms with Crippen LogP contribution >= 0.6 is 11.8 Å². The van der Waals surface area contributed by atoms with Crippen molar-refractivity contribution in [2.45, 2.75) is 50.6 Å². The fraction of sp³-hybridized carbons (Fsp3) is 0.484. The van der Waals surface area contributed by atoms with Crippen molar-refractivity contribution in [3.63, 3.8) is 0 Å². The number of rotatable bonds is 10. The third-order valence-electron chi connectivity index (χ3n) is 7.67. The maximum atomic E-state index is 13.0. The highest BCUT2D eigenvalue weighted by molar-refractivity contribution is 7.98. The number of ether oxygens (including phenoxy) is 1. The number of aryl methyl sites for hydroxylation is 1. The van der Waals surface area contributed by atoms with E-state index >= 15 is 0 Å². The number of nitrogens with zero attached hydrogens (tertiary/aromatic N) is 5. The molecule has 2 aliphatic rings. The molecule has 0 bridgehead atoms. The smallest absolute Gasteiger partial charge is 0.309 e. The summed E-state index contributed by atoms with van der Waals surface area (Å²) in [5, 5.41) is 0.719. The number of benzene rings is 1. The Morgan fingerprint density at radius 2 is 1.73 bits per heavy atom. The zero-order valence-corrected chi connectivity index (χ0v) is 24.8. The van der Waals surface area contributed by atoms with E-state index in [1.54, 1.807) is 11.0 Å². The van der Waals surface area contributed by atoms with Gasteiger partial charge < -0.3 is 19.0 Å². The molecule has 0 unspecified atom stereocenters. The van der Waals surface area contributed by atoms with Crippen molar-refractivity contribution in [3.8, 4) is 0 Å². The number of hydrogen-bond donors (Lipinski definition) is 0. The fourth-order valence-corrected chi connectivity index (χ4v) is 6.05. The number of carbonyl (C=O) groups is 2. The number of anilines is 1. The third kappa shape index (κ3) is 7.68. The second kappa shape index (κ2) is 14.0. The molecule has 0 atom stereocenters. The molecular weight excluding hydrogens is 538 g/mol. The number of piperazine rings is 1. The summed E-state index contributed by atoms with van der Waals surface area (Å²) in [5.41, 5.74) is 2.36. The predicted molar refractivity (Wildman–Crippen MR) is 159 cm³/mol. The molecule has 41 heavy (non-hydrogen) atoms. The van der Waals surface area contributed by atoms with Gasteiger partial charge in [-0.05, 0) is 43.9 Å². The summed E-state index contributed by atoms with van der Waals surface area (Å²) in [4.78, 5) is 41.2. The molecule has 218 valence electrons. The Bertz CT molecular complexity index is 1300. The van der Waals surface area contributed by atoms with Crippen LogP contribution in [0.3, 0.4) is 0 Å². The van der Waals surface area contributed by atoms with Crippen molar-refractivity contribution >= 4 is 29.5 Å². The van der Waals surface area contributed by atoms with E-state index in [4.69, 9.17) is 19.1 Å². The zero-order chi connectivity index (χ0) is 28.6. The van der Waals surface area contributed by atoms with Crippen LogP contribution in [0.4, 0.5) is 5.82 Å². The maximum Gasteiger partial charge on any atom is 0.309 e. The largest absolute Gasteiger partial charge is 0.466 e. The molecule has 2 saturated heterocycles. The van der Waals surface area contributed by atoms with E-state index in [0.717, 1.165) is 55.8 Å². The summed E-state index contributed by atoms with van der Waals surface area (Å²) in [5.74, 6) is 2.11. The first kappa shape index (κ1) is 29.1. The molecule has 5 rings (SSSR count). The lowest BCUT2D eigenvalue weighted by Gasteiger charge is -2.35. The van der Waals surface area contributed by atoms with Crippen LogP contribution in [0.25, 0.3) is 0 Å². The van der Waals surface area contributed by atoms with Gasteiger partial charge in [0.1, 0.15) is 11.6 Å². The Balaban J connectivity index is 1.14. The quantitative estimate of drug-likeness (QED) is 0.194. The number of aromatic nitrogens is 2. The Morgan fingerprint density at radius 1 is 0.976 bits per heavy atom. The normalized spacial score (nSPS) is 16.6. The lowest BCUT2D eigenvalue weighted by Crippen LogP contribution is -2.46. The Hall–Kier alpha value is -3.37. The fourth-order valence-electron chi connectivity index (χ4n) is 5.28. The van der Waals surface area contributed by atoms with Gasteiger partial charge in [-0.1, -0.05) is 49.0 Å². The number of furan rings is 1. The lowest BCUT2D eigenvalue weighted by molar-refractivity contribution is -0.149. The van der Waals surface area contributed by atoms with E-state index in [0.29, 0.717) is 49.8 Å². The van der Waals surface area contributed by atoms with Crippen molar-refractivity contribution in [3.05, 3.63) is 71.3 Å². The minimum Gasteiger partial charge on any atom is -0.466 e. The summed E-state index contributed by atoms with van der Waals surface area (Å²) in [6.45, 7) is 10.2. The standard InChI is InChI=1S/C31H39N5O4S/c1-3-25-20-28(35-18-16-34(17-19-35)21-23-8-6-5-7-9-23)33-31(32-25)41-22-26-10-11-27(40-26)29(37)36-14-12-24(13-15-36)30(38)39-4-2/h5-11,20,24H,3-4,12-19,21-22H2,1-2H3. The topological polar surface area (TPSA) is 92.0 Å². The number of esters is 1. The first-order valence-electron chi connectivity index (χ1n) is 14.6. The Kier molecular flexibility index (Phi) is 9.95. The number of piperidine rings is 1. The van der Waals surface area contributed by atoms with E-state index in [1.165, 1.54) is 17.3 Å². The van der Waals surface area contributed by atoms with Gasteiger partial charge in [-0.25, -0.2) is 9.97 Å². The lowest BCUT2D eigenvalue weighted by atomic mass is 9.97. The molecule has 2 fully saturated rings. The van der Waals surface area contributed by atoms with Crippen LogP contribution in [-0.2, 0) is 28.2 Å². The average Bonchev–Trinajstić information content (AvgIpc) is 3.50. The molecule has 2 aromatic heterocycles. The average molecular weight is 578 g/mol. The summed E-state index contributed by atoms with van der Waals surface area (Å²) in [6, 6.07) is 16.3. The number of hydrogen-bond acceptors (Lipinski definition) is 9. The van der Waals surface area contributed by atoms with Gasteiger partial charge in [0.05, 0.1) is 18.3 Å². The molecule has 10 heteroatoms. The molecule has 4 heterocycles. The highest BCUT2D eigenvalue weighted by Gasteiger charge is 2.30. The van der Waals surface area contributed by atoms with Gasteiger partial charge in [0, 0.05) is 57.6 Å². The molecule has 9 nitrogen and oxygen atoms in total. The van der Waals surface area contributed by atoms with Crippen LogP contribution in [0.1, 0.15) is 54.3 Å². The van der Waals surface area contributed by atoms with E-state index in [9.17, 15) is 9.59 Å². The molecule has 2 aliphatic heterocycles. The van der Waals surface area contributed by atoms with Crippen molar-refractivity contribution in [2.24, 2.45) is 5.92 Å². The number of amides is 1. The maximum absolute atomic E-state index is 13.0. The predicted octanol–water partition coefficient (Wildman–Crippen LogP) is 4.66. The van der Waals surface area contributed by atoms with Gasteiger partial charge in [-0.3, -0.25) is 14.5 Å². The van der Waals surface area contributed by atoms with E-state index < -0.39 is 0 Å². The molecule has 0 saturated carbocycles. The second-order valence-electron chi connectivity index (χ2n) is 10.5. The first-order chi connectivity index (χ1) is 20.0. The minimum atomic E-state index is -0.167. The molecule has 1 aromatic carbocycles. The molecule has 3 aromatic rings. The van der Waals surface area contributed by atoms with E-state index in [-0.39, 0.29) is 17.8 Å². The summed E-state index contributed by atoms with van der Waals surface area (Å²) < 4.78 is 11.1. The van der Waals surface area contributed by atoms with Gasteiger partial charge in [-0.15, -0.1) is 0 Å². The number of likely N-dealkylation sites (tertiary alicyclic amines) is 1. The molecule has 0 N–H and O–H groups in total. The summed E-state index contributed by atoms with van der Waals surface area (Å²) in [6.07, 6.45) is 2.07. The van der Waals surface area contributed by atoms with E-state index in [2.05, 4.69) is 53.1 Å². The van der Waals surface area contributed by atoms with Gasteiger partial charge in [0.15, 0.2) is 10.9 Å². The van der Waals surface area contributed by atoms with Crippen LogP contribution in [0, 0.1) is 5.92 Å². The second-order valence-corrected chi connectivity index (χ2v) is 11.4. The first-order valence-corrected chi connectivity index (χ1v) is 15.6. The third-order valence-corrected chi connectivity index (χ3v) is 8.54. The monoisotopic (exact) mass is 577 g/mol. The van der Waals surface area contributed by atoms with Crippen LogP contribution < -0.4 is 4.90 Å². The van der Waals surface area contributed by atoms with Crippen molar-refractivity contribution in [2.75, 3.05) is 50.8 Å². The number of carbonyl (C=O) groups excluding carboxylic acids is 2. The Morgan fingerprint density at radius 3 is 2.44 bits per heavy atom. The van der Waals surface area contributed by atoms with Gasteiger partial charge in [0.25, 0.3) is 5.91 Å². The SMILES string of the molecule is CCOC(=O)C1CCN(C(=O)c2ccc(CSc3nc(CC)cc(N4CCN(Cc5ccccc5)CC4)n3)o2)CC1. The summed E-state index contributed by atoms with van der Waals surface area (Å²) >= 11 is 1.52. The molecule has 1 amide bonds. The van der Waals surface area contributed by atoms with Crippen molar-refractivity contribution < 1.29 is 18.7 Å². The molecule has 0 radical (unpaired) electrons. The molecule has 0 spiro atoms. The molecular formula is C31H39N5O4S.